The van der Waals surface area contributed by atoms with Gasteiger partial charge in [0, 0.05) is 50.7 Å². The van der Waals surface area contributed by atoms with E-state index >= 15 is 0 Å². The first-order valence-corrected chi connectivity index (χ1v) is 7.61. The van der Waals surface area contributed by atoms with Crippen LogP contribution in [0.5, 0.6) is 0 Å². The maximum atomic E-state index is 12.3. The molecule has 0 unspecified atom stereocenters. The van der Waals surface area contributed by atoms with Crippen LogP contribution >= 0.6 is 0 Å². The van der Waals surface area contributed by atoms with Crippen molar-refractivity contribution in [3.63, 3.8) is 0 Å². The van der Waals surface area contributed by atoms with Gasteiger partial charge < -0.3 is 19.6 Å². The smallest absolute Gasteiger partial charge is 0.317 e. The Morgan fingerprint density at radius 1 is 1.22 bits per heavy atom. The normalized spacial score (nSPS) is 14.9. The van der Waals surface area contributed by atoms with Crippen molar-refractivity contribution < 1.29 is 9.32 Å². The summed E-state index contributed by atoms with van der Waals surface area (Å²) in [7, 11) is 0. The zero-order valence-corrected chi connectivity index (χ0v) is 13.3. The molecule has 0 bridgehead atoms. The minimum absolute atomic E-state index is 0.0707. The van der Waals surface area contributed by atoms with Gasteiger partial charge in [0.1, 0.15) is 5.76 Å². The summed E-state index contributed by atoms with van der Waals surface area (Å²) in [5.74, 6) is 1.46. The number of rotatable bonds is 3. The Hall–Kier alpha value is -2.64. The molecule has 1 saturated heterocycles. The number of hydrogen-bond acceptors (Lipinski definition) is 6. The molecular weight excluding hydrogens is 296 g/mol. The highest BCUT2D eigenvalue weighted by Gasteiger charge is 2.22. The zero-order valence-electron chi connectivity index (χ0n) is 13.3. The van der Waals surface area contributed by atoms with E-state index in [0.29, 0.717) is 25.6 Å². The number of anilines is 1. The average molecular weight is 316 g/mol. The molecule has 2 aromatic heterocycles. The predicted molar refractivity (Wildman–Crippen MR) is 84.0 cm³/mol. The molecule has 0 saturated carbocycles. The number of aromatic nitrogens is 3. The van der Waals surface area contributed by atoms with Crippen molar-refractivity contribution in [1.82, 2.24) is 25.3 Å². The lowest BCUT2D eigenvalue weighted by Crippen LogP contribution is -2.52. The SMILES string of the molecule is Cc1noc(C)c1CNC(=O)N1CCN(c2ncccn2)CC1. The molecule has 3 heterocycles. The fraction of sp³-hybridized carbons (Fsp3) is 0.467. The molecule has 0 atom stereocenters. The van der Waals surface area contributed by atoms with E-state index < -0.39 is 0 Å². The summed E-state index contributed by atoms with van der Waals surface area (Å²) in [6.07, 6.45) is 3.45. The molecule has 1 fully saturated rings. The fourth-order valence-electron chi connectivity index (χ4n) is 2.59. The van der Waals surface area contributed by atoms with Crippen molar-refractivity contribution in [2.24, 2.45) is 0 Å². The van der Waals surface area contributed by atoms with Crippen LogP contribution < -0.4 is 10.2 Å². The van der Waals surface area contributed by atoms with Gasteiger partial charge in [-0.25, -0.2) is 14.8 Å². The van der Waals surface area contributed by atoms with Crippen LogP contribution in [0.15, 0.2) is 23.0 Å². The largest absolute Gasteiger partial charge is 0.361 e. The first kappa shape index (κ1) is 15.3. The lowest BCUT2D eigenvalue weighted by atomic mass is 10.2. The van der Waals surface area contributed by atoms with Crippen LogP contribution in [0.3, 0.4) is 0 Å². The number of carbonyl (C=O) groups is 1. The Bertz CT molecular complexity index is 644. The molecule has 0 aromatic carbocycles. The van der Waals surface area contributed by atoms with Gasteiger partial charge >= 0.3 is 6.03 Å². The summed E-state index contributed by atoms with van der Waals surface area (Å²) >= 11 is 0. The van der Waals surface area contributed by atoms with Gasteiger partial charge in [-0.3, -0.25) is 0 Å². The van der Waals surface area contributed by atoms with Crippen molar-refractivity contribution in [1.29, 1.82) is 0 Å². The molecule has 2 aromatic rings. The van der Waals surface area contributed by atoms with Crippen molar-refractivity contribution in [3.05, 3.63) is 35.5 Å². The molecule has 122 valence electrons. The number of nitrogens with one attached hydrogen (secondary N) is 1. The second-order valence-corrected chi connectivity index (χ2v) is 5.48. The highest BCUT2D eigenvalue weighted by Crippen LogP contribution is 2.13. The van der Waals surface area contributed by atoms with E-state index in [1.54, 1.807) is 23.4 Å². The summed E-state index contributed by atoms with van der Waals surface area (Å²) < 4.78 is 5.10. The highest BCUT2D eigenvalue weighted by molar-refractivity contribution is 5.74. The standard InChI is InChI=1S/C15H20N6O2/c1-11-13(12(2)23-19-11)10-18-15(22)21-8-6-20(7-9-21)14-16-4-3-5-17-14/h3-5H,6-10H2,1-2H3,(H,18,22). The summed E-state index contributed by atoms with van der Waals surface area (Å²) in [6, 6.07) is 1.72. The fourth-order valence-corrected chi connectivity index (χ4v) is 2.59. The Morgan fingerprint density at radius 3 is 2.52 bits per heavy atom. The van der Waals surface area contributed by atoms with Gasteiger partial charge in [0.15, 0.2) is 0 Å². The van der Waals surface area contributed by atoms with Crippen LogP contribution in [-0.4, -0.2) is 52.2 Å². The van der Waals surface area contributed by atoms with Gasteiger partial charge in [-0.1, -0.05) is 5.16 Å². The van der Waals surface area contributed by atoms with E-state index in [0.717, 1.165) is 30.1 Å². The van der Waals surface area contributed by atoms with Gasteiger partial charge in [0.2, 0.25) is 5.95 Å². The lowest BCUT2D eigenvalue weighted by Gasteiger charge is -2.34. The van der Waals surface area contributed by atoms with Crippen molar-refractivity contribution in [2.75, 3.05) is 31.1 Å². The minimum atomic E-state index is -0.0707. The molecular formula is C15H20N6O2. The third-order valence-corrected chi connectivity index (χ3v) is 4.00. The summed E-state index contributed by atoms with van der Waals surface area (Å²) in [6.45, 7) is 6.89. The van der Waals surface area contributed by atoms with Crippen LogP contribution in [0.25, 0.3) is 0 Å². The first-order chi connectivity index (χ1) is 11.1. The van der Waals surface area contributed by atoms with Gasteiger partial charge in [-0.2, -0.15) is 0 Å². The first-order valence-electron chi connectivity index (χ1n) is 7.61. The Kier molecular flexibility index (Phi) is 4.40. The molecule has 2 amide bonds. The van der Waals surface area contributed by atoms with E-state index in [1.807, 2.05) is 13.8 Å². The zero-order chi connectivity index (χ0) is 16.2. The number of urea groups is 1. The van der Waals surface area contributed by atoms with Crippen LogP contribution in [0.4, 0.5) is 10.7 Å². The Morgan fingerprint density at radius 2 is 1.91 bits per heavy atom. The maximum Gasteiger partial charge on any atom is 0.317 e. The average Bonchev–Trinajstić information content (AvgIpc) is 2.92. The molecule has 23 heavy (non-hydrogen) atoms. The number of piperazine rings is 1. The second kappa shape index (κ2) is 6.64. The second-order valence-electron chi connectivity index (χ2n) is 5.48. The van der Waals surface area contributed by atoms with Crippen molar-refractivity contribution >= 4 is 12.0 Å². The van der Waals surface area contributed by atoms with E-state index in [1.165, 1.54) is 0 Å². The van der Waals surface area contributed by atoms with Gasteiger partial charge in [0.25, 0.3) is 0 Å². The molecule has 8 heteroatoms. The van der Waals surface area contributed by atoms with Gasteiger partial charge in [-0.05, 0) is 19.9 Å². The van der Waals surface area contributed by atoms with Crippen molar-refractivity contribution in [2.45, 2.75) is 20.4 Å². The summed E-state index contributed by atoms with van der Waals surface area (Å²) in [4.78, 5) is 24.6. The Balaban J connectivity index is 1.50. The van der Waals surface area contributed by atoms with Crippen molar-refractivity contribution in [3.8, 4) is 0 Å². The number of hydrogen-bond donors (Lipinski definition) is 1. The van der Waals surface area contributed by atoms with Crippen LogP contribution in [0, 0.1) is 13.8 Å². The third-order valence-electron chi connectivity index (χ3n) is 4.00. The topological polar surface area (TPSA) is 87.4 Å². The highest BCUT2D eigenvalue weighted by atomic mass is 16.5. The van der Waals surface area contributed by atoms with E-state index in [2.05, 4.69) is 25.3 Å². The van der Waals surface area contributed by atoms with Crippen LogP contribution in [0.1, 0.15) is 17.0 Å². The van der Waals surface area contributed by atoms with E-state index in [-0.39, 0.29) is 6.03 Å². The minimum Gasteiger partial charge on any atom is -0.361 e. The monoisotopic (exact) mass is 316 g/mol. The maximum absolute atomic E-state index is 12.3. The van der Waals surface area contributed by atoms with Crippen LogP contribution in [0.2, 0.25) is 0 Å². The molecule has 8 nitrogen and oxygen atoms in total. The number of amides is 2. The predicted octanol–water partition coefficient (Wildman–Crippen LogP) is 1.11. The molecule has 1 N–H and O–H groups in total. The molecule has 0 radical (unpaired) electrons. The Labute approximate surface area is 134 Å². The van der Waals surface area contributed by atoms with Gasteiger partial charge in [-0.15, -0.1) is 0 Å². The molecule has 1 aliphatic rings. The molecule has 3 rings (SSSR count). The molecule has 0 aliphatic carbocycles. The molecule has 0 spiro atoms. The number of aryl methyl sites for hydroxylation is 2. The number of carbonyl (C=O) groups excluding carboxylic acids is 1. The molecule has 1 aliphatic heterocycles. The van der Waals surface area contributed by atoms with E-state index in [4.69, 9.17) is 4.52 Å². The van der Waals surface area contributed by atoms with Gasteiger partial charge in [0.05, 0.1) is 5.69 Å². The summed E-state index contributed by atoms with van der Waals surface area (Å²) in [5.41, 5.74) is 1.75. The van der Waals surface area contributed by atoms with Crippen LogP contribution in [-0.2, 0) is 6.54 Å². The number of nitrogens with zero attached hydrogens (tertiary/aromatic N) is 5. The lowest BCUT2D eigenvalue weighted by molar-refractivity contribution is 0.193. The summed E-state index contributed by atoms with van der Waals surface area (Å²) in [5, 5.41) is 6.82. The third kappa shape index (κ3) is 3.41. The quantitative estimate of drug-likeness (QED) is 0.913. The van der Waals surface area contributed by atoms with E-state index in [9.17, 15) is 4.79 Å².